The summed E-state index contributed by atoms with van der Waals surface area (Å²) in [6, 6.07) is 24.1. The van der Waals surface area contributed by atoms with Crippen molar-refractivity contribution in [1.29, 1.82) is 0 Å². The molecule has 1 fully saturated rings. The molecule has 4 amide bonds. The highest BCUT2D eigenvalue weighted by molar-refractivity contribution is 5.93. The number of nitrogens with one attached hydrogen (secondary N) is 4. The number of hydrogen-bond acceptors (Lipinski definition) is 8. The molecule has 1 aliphatic carbocycles. The number of para-hydroxylation sites is 1. The molecule has 288 valence electrons. The van der Waals surface area contributed by atoms with Gasteiger partial charge in [-0.15, -0.1) is 0 Å². The monoisotopic (exact) mass is 747 g/mol. The molecule has 12 nitrogen and oxygen atoms in total. The Balaban J connectivity index is 1.22. The summed E-state index contributed by atoms with van der Waals surface area (Å²) >= 11 is 0. The third-order valence-corrected chi connectivity index (χ3v) is 9.93. The number of aromatic nitrogens is 1. The fourth-order valence-corrected chi connectivity index (χ4v) is 7.04. The number of benzene rings is 3. The van der Waals surface area contributed by atoms with Gasteiger partial charge in [-0.25, -0.2) is 0 Å². The lowest BCUT2D eigenvalue weighted by Gasteiger charge is -2.29. The number of carbonyl (C=O) groups excluding carboxylic acids is 4. The molecule has 4 bridgehead atoms. The zero-order valence-electron chi connectivity index (χ0n) is 31.1. The molecule has 3 aromatic carbocycles. The van der Waals surface area contributed by atoms with E-state index in [1.165, 1.54) is 0 Å². The van der Waals surface area contributed by atoms with Crippen molar-refractivity contribution in [2.75, 3.05) is 19.8 Å². The first-order valence-corrected chi connectivity index (χ1v) is 19.0. The van der Waals surface area contributed by atoms with Crippen LogP contribution in [0, 0.1) is 5.92 Å². The maximum Gasteiger partial charge on any atom is 0.258 e. The molecule has 4 aromatic rings. The molecular weight excluding hydrogens is 699 g/mol. The van der Waals surface area contributed by atoms with Crippen molar-refractivity contribution in [2.45, 2.75) is 76.6 Å². The number of carbonyl (C=O) groups is 4. The normalized spacial score (nSPS) is 21.7. The van der Waals surface area contributed by atoms with E-state index >= 15 is 0 Å². The van der Waals surface area contributed by atoms with E-state index in [0.717, 1.165) is 29.5 Å². The van der Waals surface area contributed by atoms with Gasteiger partial charge in [-0.1, -0.05) is 60.7 Å². The number of pyridine rings is 1. The van der Waals surface area contributed by atoms with Gasteiger partial charge < -0.3 is 35.5 Å². The van der Waals surface area contributed by atoms with Gasteiger partial charge in [-0.2, -0.15) is 0 Å². The molecule has 0 saturated heterocycles. The molecule has 5 heterocycles. The third kappa shape index (κ3) is 11.3. The van der Waals surface area contributed by atoms with Gasteiger partial charge >= 0.3 is 0 Å². The summed E-state index contributed by atoms with van der Waals surface area (Å²) in [6.45, 7) is 2.67. The van der Waals surface area contributed by atoms with Crippen molar-refractivity contribution in [2.24, 2.45) is 5.92 Å². The maximum absolute atomic E-state index is 14.0. The summed E-state index contributed by atoms with van der Waals surface area (Å²) in [6.07, 6.45) is 7.06. The Kier molecular flexibility index (Phi) is 13.7. The van der Waals surface area contributed by atoms with Gasteiger partial charge in [0.05, 0.1) is 6.61 Å². The number of nitrogens with zero attached hydrogens (tertiary/aromatic N) is 1. The lowest BCUT2D eigenvalue weighted by molar-refractivity contribution is -0.132. The smallest absolute Gasteiger partial charge is 0.258 e. The van der Waals surface area contributed by atoms with E-state index in [1.54, 1.807) is 30.6 Å². The third-order valence-electron chi connectivity index (χ3n) is 9.93. The number of hydrogen-bond donors (Lipinski definition) is 4. The van der Waals surface area contributed by atoms with Crippen LogP contribution < -0.4 is 35.5 Å². The fraction of sp³-hybridized carbons (Fsp3) is 0.372. The Bertz CT molecular complexity index is 1880. The first-order valence-electron chi connectivity index (χ1n) is 19.0. The average Bonchev–Trinajstić information content (AvgIpc) is 3.20. The van der Waals surface area contributed by atoms with Gasteiger partial charge in [-0.05, 0) is 80.3 Å². The van der Waals surface area contributed by atoms with Gasteiger partial charge in [0.15, 0.2) is 18.1 Å². The second-order valence-corrected chi connectivity index (χ2v) is 14.0. The minimum Gasteiger partial charge on any atom is -0.490 e. The second-order valence-electron chi connectivity index (χ2n) is 14.0. The summed E-state index contributed by atoms with van der Waals surface area (Å²) in [5, 5.41) is 11.9. The molecule has 12 heteroatoms. The summed E-state index contributed by atoms with van der Waals surface area (Å²) in [5.41, 5.74) is 3.11. The van der Waals surface area contributed by atoms with Crippen molar-refractivity contribution in [3.63, 3.8) is 0 Å². The van der Waals surface area contributed by atoms with E-state index in [-0.39, 0.29) is 55.7 Å². The molecule has 0 spiro atoms. The zero-order valence-corrected chi connectivity index (χ0v) is 31.1. The van der Waals surface area contributed by atoms with Crippen LogP contribution in [0.25, 0.3) is 0 Å². The Labute approximate surface area is 321 Å². The van der Waals surface area contributed by atoms with E-state index in [0.29, 0.717) is 55.2 Å². The Morgan fingerprint density at radius 2 is 1.56 bits per heavy atom. The van der Waals surface area contributed by atoms with Gasteiger partial charge in [0.2, 0.25) is 17.7 Å². The maximum atomic E-state index is 14.0. The zero-order chi connectivity index (χ0) is 38.4. The summed E-state index contributed by atoms with van der Waals surface area (Å²) in [4.78, 5) is 58.4. The van der Waals surface area contributed by atoms with Crippen LogP contribution in [-0.4, -0.2) is 60.5 Å². The van der Waals surface area contributed by atoms with E-state index < -0.39 is 18.0 Å². The molecule has 4 N–H and O–H groups in total. The standard InChI is InChI=1S/C43H49N5O7/c1-2-53-37-12-6-10-33-27-54-35-19-15-29(16-20-35)21-23-45-42(51)36(24-30-8-4-3-5-9-30)47-43(52)40(32-11-7-22-44-26-32)48-38(49)25-31-13-17-34(18-14-31)46-39(50)28-55-41(33)37/h3-12,15-16,19-20,22,26,31,34,36,40H,2,13-14,17-18,21,23-25,27-28H2,1H3,(H,45,51)(H,46,50)(H,47,52)(H,48,49)/t31?,34?,36-,40+/m1/s1. The molecule has 0 unspecified atom stereocenters. The van der Waals surface area contributed by atoms with Crippen LogP contribution >= 0.6 is 0 Å². The van der Waals surface area contributed by atoms with E-state index in [1.807, 2.05) is 73.7 Å². The van der Waals surface area contributed by atoms with Crippen LogP contribution in [-0.2, 0) is 38.6 Å². The topological polar surface area (TPSA) is 157 Å². The second kappa shape index (κ2) is 19.4. The van der Waals surface area contributed by atoms with Gasteiger partial charge in [-0.3, -0.25) is 24.2 Å². The minimum atomic E-state index is -1.06. The van der Waals surface area contributed by atoms with Gasteiger partial charge in [0.25, 0.3) is 5.91 Å². The summed E-state index contributed by atoms with van der Waals surface area (Å²) in [5.74, 6) is 0.370. The first kappa shape index (κ1) is 38.8. The highest BCUT2D eigenvalue weighted by Gasteiger charge is 2.30. The average molecular weight is 748 g/mol. The molecule has 5 aliphatic rings. The van der Waals surface area contributed by atoms with Gasteiger partial charge in [0, 0.05) is 48.9 Å². The highest BCUT2D eigenvalue weighted by Crippen LogP contribution is 2.33. The van der Waals surface area contributed by atoms with Crippen LogP contribution in [0.2, 0.25) is 0 Å². The Morgan fingerprint density at radius 3 is 2.31 bits per heavy atom. The predicted molar refractivity (Wildman–Crippen MR) is 206 cm³/mol. The molecule has 55 heavy (non-hydrogen) atoms. The van der Waals surface area contributed by atoms with Crippen LogP contribution in [0.5, 0.6) is 17.2 Å². The Morgan fingerprint density at radius 1 is 0.764 bits per heavy atom. The van der Waals surface area contributed by atoms with E-state index in [4.69, 9.17) is 14.2 Å². The van der Waals surface area contributed by atoms with E-state index in [9.17, 15) is 19.2 Å². The van der Waals surface area contributed by atoms with Crippen LogP contribution in [0.1, 0.15) is 67.3 Å². The van der Waals surface area contributed by atoms with Crippen LogP contribution in [0.3, 0.4) is 0 Å². The molecular formula is C43H49N5O7. The van der Waals surface area contributed by atoms with Crippen molar-refractivity contribution in [1.82, 2.24) is 26.3 Å². The largest absolute Gasteiger partial charge is 0.490 e. The molecule has 9 rings (SSSR count). The van der Waals surface area contributed by atoms with Crippen LogP contribution in [0.4, 0.5) is 0 Å². The molecule has 1 aromatic heterocycles. The van der Waals surface area contributed by atoms with Gasteiger partial charge in [0.1, 0.15) is 24.4 Å². The lowest BCUT2D eigenvalue weighted by atomic mass is 9.84. The van der Waals surface area contributed by atoms with Crippen molar-refractivity contribution < 1.29 is 33.4 Å². The molecule has 1 saturated carbocycles. The highest BCUT2D eigenvalue weighted by atomic mass is 16.5. The minimum absolute atomic E-state index is 0.0485. The lowest BCUT2D eigenvalue weighted by Crippen LogP contribution is -2.52. The number of amides is 4. The number of rotatable bonds is 5. The summed E-state index contributed by atoms with van der Waals surface area (Å²) < 4.78 is 18.0. The predicted octanol–water partition coefficient (Wildman–Crippen LogP) is 4.76. The molecule has 4 aliphatic heterocycles. The number of ether oxygens (including phenoxy) is 3. The van der Waals surface area contributed by atoms with Crippen molar-refractivity contribution in [3.8, 4) is 17.2 Å². The molecule has 0 radical (unpaired) electrons. The Hall–Kier alpha value is -5.91. The fourth-order valence-electron chi connectivity index (χ4n) is 7.04. The first-order chi connectivity index (χ1) is 26.8. The van der Waals surface area contributed by atoms with E-state index in [2.05, 4.69) is 26.3 Å². The van der Waals surface area contributed by atoms with Crippen molar-refractivity contribution >= 4 is 23.6 Å². The van der Waals surface area contributed by atoms with Crippen LogP contribution in [0.15, 0.2) is 97.3 Å². The SMILES string of the molecule is CCOc1cccc2c1OCC(=O)NC1CCC(CC1)CC(=O)N[C@@H](c1cccnc1)C(=O)N[C@H](Cc1ccccc1)C(=O)NCCc1ccc(cc1)OC2. The molecule has 2 atom stereocenters. The van der Waals surface area contributed by atoms with Crippen molar-refractivity contribution in [3.05, 3.63) is 120 Å². The quantitative estimate of drug-likeness (QED) is 0.228. The summed E-state index contributed by atoms with van der Waals surface area (Å²) in [7, 11) is 0.